The minimum Gasteiger partial charge on any atom is -0.463 e. The summed E-state index contributed by atoms with van der Waals surface area (Å²) in [4.78, 5) is 12.9. The summed E-state index contributed by atoms with van der Waals surface area (Å²) in [6, 6.07) is 11.2. The molecule has 2 aromatic rings. The van der Waals surface area contributed by atoms with E-state index in [0.717, 1.165) is 10.0 Å². The third-order valence-corrected chi connectivity index (χ3v) is 4.54. The molecule has 22 heavy (non-hydrogen) atoms. The first-order valence-corrected chi connectivity index (χ1v) is 8.26. The summed E-state index contributed by atoms with van der Waals surface area (Å²) in [6.45, 7) is 0. The zero-order valence-corrected chi connectivity index (χ0v) is 14.3. The molecule has 0 N–H and O–H groups in total. The van der Waals surface area contributed by atoms with Gasteiger partial charge < -0.3 is 4.42 Å². The van der Waals surface area contributed by atoms with Gasteiger partial charge in [0.25, 0.3) is 5.91 Å². The largest absolute Gasteiger partial charge is 0.463 e. The van der Waals surface area contributed by atoms with Gasteiger partial charge in [0, 0.05) is 4.47 Å². The Balaban J connectivity index is 1.82. The number of carbonyl (C=O) groups is 1. The zero-order valence-electron chi connectivity index (χ0n) is 11.1. The lowest BCUT2D eigenvalue weighted by atomic mass is 10.2. The molecule has 0 bridgehead atoms. The van der Waals surface area contributed by atoms with Crippen LogP contribution < -0.4 is 0 Å². The Morgan fingerprint density at radius 3 is 2.91 bits per heavy atom. The van der Waals surface area contributed by atoms with Crippen molar-refractivity contribution in [3.63, 3.8) is 0 Å². The van der Waals surface area contributed by atoms with E-state index in [1.165, 1.54) is 23.0 Å². The maximum atomic E-state index is 12.4. The Kier molecular flexibility index (Phi) is 4.56. The zero-order chi connectivity index (χ0) is 15.5. The summed E-state index contributed by atoms with van der Waals surface area (Å²) in [5.41, 5.74) is 0.921. The fourth-order valence-electron chi connectivity index (χ4n) is 1.79. The third-order valence-electron chi connectivity index (χ3n) is 2.76. The number of halogens is 1. The minimum atomic E-state index is -0.238. The summed E-state index contributed by atoms with van der Waals surface area (Å²) in [7, 11) is 0. The summed E-state index contributed by atoms with van der Waals surface area (Å²) >= 11 is 9.84. The van der Waals surface area contributed by atoms with Crippen LogP contribution in [-0.2, 0) is 4.79 Å². The number of nitrogens with zero attached hydrogens (tertiary/aromatic N) is 2. The molecule has 1 amide bonds. The number of hydrogen-bond donors (Lipinski definition) is 0. The van der Waals surface area contributed by atoms with Crippen LogP contribution in [-0.4, -0.2) is 21.5 Å². The number of carbonyl (C=O) groups excluding carboxylic acids is 1. The van der Waals surface area contributed by atoms with Gasteiger partial charge in [-0.25, -0.2) is 0 Å². The predicted molar refractivity (Wildman–Crippen MR) is 95.5 cm³/mol. The number of hydrazone groups is 1. The van der Waals surface area contributed by atoms with Crippen LogP contribution in [0.3, 0.4) is 0 Å². The number of rotatable bonds is 3. The lowest BCUT2D eigenvalue weighted by Crippen LogP contribution is -2.22. The minimum absolute atomic E-state index is 0.238. The fraction of sp³-hybridized carbons (Fsp3) is 0. The van der Waals surface area contributed by atoms with E-state index in [4.69, 9.17) is 16.6 Å². The molecule has 1 aromatic carbocycles. The molecule has 1 aliphatic heterocycles. The Morgan fingerprint density at radius 2 is 2.18 bits per heavy atom. The fourth-order valence-corrected chi connectivity index (χ4v) is 3.38. The van der Waals surface area contributed by atoms with E-state index in [9.17, 15) is 4.79 Å². The molecule has 0 atom stereocenters. The van der Waals surface area contributed by atoms with Crippen molar-refractivity contribution in [1.82, 2.24) is 5.01 Å². The second-order valence-corrected chi connectivity index (χ2v) is 6.90. The van der Waals surface area contributed by atoms with Gasteiger partial charge in [0.2, 0.25) is 0 Å². The smallest absolute Gasteiger partial charge is 0.286 e. The summed E-state index contributed by atoms with van der Waals surface area (Å²) in [5, 5.41) is 5.29. The van der Waals surface area contributed by atoms with Gasteiger partial charge in [-0.2, -0.15) is 10.1 Å². The van der Waals surface area contributed by atoms with Crippen LogP contribution in [0.4, 0.5) is 0 Å². The molecule has 2 heterocycles. The molecule has 0 unspecified atom stereocenters. The van der Waals surface area contributed by atoms with Gasteiger partial charge in [0.05, 0.1) is 17.4 Å². The average molecular weight is 393 g/mol. The standard InChI is InChI=1S/C15H9BrN2O2S2/c16-11-4-1-3-10(7-11)8-13-14(19)18(15(21)22-13)17-9-12-5-2-6-20-12/h1-9H. The highest BCUT2D eigenvalue weighted by Gasteiger charge is 2.32. The highest BCUT2D eigenvalue weighted by atomic mass is 79.9. The number of thiocarbonyl (C=S) groups is 1. The van der Waals surface area contributed by atoms with E-state index >= 15 is 0 Å². The van der Waals surface area contributed by atoms with E-state index in [2.05, 4.69) is 21.0 Å². The van der Waals surface area contributed by atoms with E-state index < -0.39 is 0 Å². The molecule has 0 radical (unpaired) electrons. The first-order chi connectivity index (χ1) is 10.6. The topological polar surface area (TPSA) is 45.8 Å². The van der Waals surface area contributed by atoms with Gasteiger partial charge in [0.1, 0.15) is 5.76 Å². The molecule has 0 aliphatic carbocycles. The van der Waals surface area contributed by atoms with Crippen molar-refractivity contribution in [2.24, 2.45) is 5.10 Å². The first kappa shape index (κ1) is 15.2. The van der Waals surface area contributed by atoms with Crippen LogP contribution in [0.1, 0.15) is 11.3 Å². The van der Waals surface area contributed by atoms with Crippen LogP contribution in [0, 0.1) is 0 Å². The Morgan fingerprint density at radius 1 is 1.32 bits per heavy atom. The van der Waals surface area contributed by atoms with Crippen LogP contribution in [0.2, 0.25) is 0 Å². The molecular formula is C15H9BrN2O2S2. The van der Waals surface area contributed by atoms with Gasteiger partial charge in [-0.05, 0) is 48.1 Å². The highest BCUT2D eigenvalue weighted by Crippen LogP contribution is 2.33. The molecule has 110 valence electrons. The molecular weight excluding hydrogens is 384 g/mol. The average Bonchev–Trinajstić information content (AvgIpc) is 3.07. The van der Waals surface area contributed by atoms with Crippen LogP contribution in [0.25, 0.3) is 6.08 Å². The van der Waals surface area contributed by atoms with Crippen LogP contribution in [0.5, 0.6) is 0 Å². The quantitative estimate of drug-likeness (QED) is 0.444. The van der Waals surface area contributed by atoms with Gasteiger partial charge in [-0.15, -0.1) is 0 Å². The monoisotopic (exact) mass is 392 g/mol. The SMILES string of the molecule is O=C1C(=Cc2cccc(Br)c2)SC(=S)N1N=Cc1ccco1. The van der Waals surface area contributed by atoms with E-state index in [1.807, 2.05) is 24.3 Å². The van der Waals surface area contributed by atoms with Gasteiger partial charge in [-0.1, -0.05) is 39.8 Å². The van der Waals surface area contributed by atoms with Crippen molar-refractivity contribution >= 4 is 62.4 Å². The normalized spacial score (nSPS) is 17.1. The van der Waals surface area contributed by atoms with E-state index in [-0.39, 0.29) is 5.91 Å². The predicted octanol–water partition coefficient (Wildman–Crippen LogP) is 4.28. The molecule has 4 nitrogen and oxygen atoms in total. The Bertz CT molecular complexity index is 785. The van der Waals surface area contributed by atoms with Crippen molar-refractivity contribution in [2.45, 2.75) is 0 Å². The first-order valence-electron chi connectivity index (χ1n) is 6.24. The molecule has 0 spiro atoms. The number of thioether (sulfide) groups is 1. The molecule has 1 fully saturated rings. The summed E-state index contributed by atoms with van der Waals surface area (Å²) in [6.07, 6.45) is 4.80. The number of furan rings is 1. The molecule has 1 aliphatic rings. The maximum Gasteiger partial charge on any atom is 0.286 e. The second-order valence-electron chi connectivity index (χ2n) is 4.31. The Hall–Kier alpha value is -1.70. The summed E-state index contributed by atoms with van der Waals surface area (Å²) < 4.78 is 6.49. The molecule has 7 heteroatoms. The van der Waals surface area contributed by atoms with Gasteiger partial charge in [0.15, 0.2) is 4.32 Å². The van der Waals surface area contributed by atoms with E-state index in [1.54, 1.807) is 24.5 Å². The van der Waals surface area contributed by atoms with E-state index in [0.29, 0.717) is 15.0 Å². The number of benzene rings is 1. The summed E-state index contributed by atoms with van der Waals surface area (Å²) in [5.74, 6) is 0.322. The molecule has 0 saturated carbocycles. The lowest BCUT2D eigenvalue weighted by Gasteiger charge is -2.05. The van der Waals surface area contributed by atoms with Gasteiger partial charge >= 0.3 is 0 Å². The van der Waals surface area contributed by atoms with Crippen molar-refractivity contribution in [2.75, 3.05) is 0 Å². The maximum absolute atomic E-state index is 12.4. The van der Waals surface area contributed by atoms with Gasteiger partial charge in [-0.3, -0.25) is 4.79 Å². The van der Waals surface area contributed by atoms with Crippen molar-refractivity contribution in [1.29, 1.82) is 0 Å². The number of amides is 1. The molecule has 3 rings (SSSR count). The van der Waals surface area contributed by atoms with Crippen molar-refractivity contribution < 1.29 is 9.21 Å². The third kappa shape index (κ3) is 3.37. The second kappa shape index (κ2) is 6.60. The Labute approximate surface area is 145 Å². The van der Waals surface area contributed by atoms with Crippen LogP contribution >= 0.6 is 39.9 Å². The molecule has 1 aromatic heterocycles. The van der Waals surface area contributed by atoms with Crippen LogP contribution in [0.15, 0.2) is 61.6 Å². The van der Waals surface area contributed by atoms with Crippen molar-refractivity contribution in [3.05, 3.63) is 63.4 Å². The molecule has 1 saturated heterocycles. The lowest BCUT2D eigenvalue weighted by molar-refractivity contribution is -0.122. The van der Waals surface area contributed by atoms with Crippen molar-refractivity contribution in [3.8, 4) is 0 Å². The number of hydrogen-bond acceptors (Lipinski definition) is 5. The highest BCUT2D eigenvalue weighted by molar-refractivity contribution is 9.10.